The second-order valence-electron chi connectivity index (χ2n) is 6.14. The van der Waals surface area contributed by atoms with Crippen molar-refractivity contribution in [3.63, 3.8) is 0 Å². The molecule has 2 aromatic carbocycles. The van der Waals surface area contributed by atoms with Gasteiger partial charge in [-0.1, -0.05) is 0 Å². The first-order chi connectivity index (χ1) is 14.3. The van der Waals surface area contributed by atoms with Crippen molar-refractivity contribution < 1.29 is 37.0 Å². The van der Waals surface area contributed by atoms with Crippen LogP contribution in [-0.2, 0) is 6.54 Å². The zero-order valence-corrected chi connectivity index (χ0v) is 15.7. The molecule has 10 heteroatoms. The van der Waals surface area contributed by atoms with Gasteiger partial charge in [-0.25, -0.2) is 9.78 Å². The molecule has 0 aliphatic rings. The second kappa shape index (κ2) is 8.76. The number of aromatic nitrogens is 1. The van der Waals surface area contributed by atoms with Crippen LogP contribution in [0.5, 0.6) is 11.5 Å². The Balaban J connectivity index is 1.95. The molecular weight excluding hydrogens is 405 g/mol. The minimum Gasteiger partial charge on any atom is -0.493 e. The maximum atomic E-state index is 12.5. The van der Waals surface area contributed by atoms with Gasteiger partial charge < -0.3 is 23.9 Å². The van der Waals surface area contributed by atoms with Crippen LogP contribution >= 0.6 is 0 Å². The Hall–Kier alpha value is -3.69. The van der Waals surface area contributed by atoms with Crippen LogP contribution in [0.2, 0.25) is 0 Å². The summed E-state index contributed by atoms with van der Waals surface area (Å²) in [7, 11) is 1.32. The van der Waals surface area contributed by atoms with Crippen LogP contribution in [-0.4, -0.2) is 36.0 Å². The molecule has 0 atom stereocenters. The van der Waals surface area contributed by atoms with Gasteiger partial charge in [-0.15, -0.1) is 0 Å². The van der Waals surface area contributed by atoms with Gasteiger partial charge in [0, 0.05) is 17.4 Å². The fourth-order valence-corrected chi connectivity index (χ4v) is 2.69. The Morgan fingerprint density at radius 2 is 1.83 bits per heavy atom. The van der Waals surface area contributed by atoms with E-state index in [9.17, 15) is 18.0 Å². The first-order valence-electron chi connectivity index (χ1n) is 8.62. The number of aromatic carboxylic acids is 1. The third-order valence-corrected chi connectivity index (χ3v) is 4.07. The number of carbonyl (C=O) groups is 1. The molecule has 7 nitrogen and oxygen atoms in total. The lowest BCUT2D eigenvalue weighted by molar-refractivity contribution is -0.153. The number of nitrogens with zero attached hydrogens (tertiary/aromatic N) is 2. The molecule has 0 spiro atoms. The lowest BCUT2D eigenvalue weighted by Gasteiger charge is -2.25. The maximum absolute atomic E-state index is 12.5. The van der Waals surface area contributed by atoms with E-state index in [2.05, 4.69) is 4.98 Å². The summed E-state index contributed by atoms with van der Waals surface area (Å²) in [6.45, 7) is -1.21. The highest BCUT2D eigenvalue weighted by Crippen LogP contribution is 2.36. The zero-order chi connectivity index (χ0) is 21.7. The molecule has 0 fully saturated rings. The third kappa shape index (κ3) is 5.22. The molecule has 0 aliphatic carbocycles. The number of benzene rings is 2. The number of rotatable bonds is 8. The highest BCUT2D eigenvalue weighted by atomic mass is 19.4. The first-order valence-corrected chi connectivity index (χ1v) is 8.62. The monoisotopic (exact) mass is 422 g/mol. The van der Waals surface area contributed by atoms with Crippen LogP contribution < -0.4 is 14.4 Å². The molecule has 0 aliphatic heterocycles. The van der Waals surface area contributed by atoms with Crippen molar-refractivity contribution in [3.05, 3.63) is 66.4 Å². The van der Waals surface area contributed by atoms with E-state index in [1.165, 1.54) is 44.0 Å². The summed E-state index contributed by atoms with van der Waals surface area (Å²) < 4.78 is 52.7. The van der Waals surface area contributed by atoms with Gasteiger partial charge >= 0.3 is 12.1 Å². The van der Waals surface area contributed by atoms with Crippen molar-refractivity contribution in [2.75, 3.05) is 18.6 Å². The van der Waals surface area contributed by atoms with E-state index in [1.807, 2.05) is 0 Å². The lowest BCUT2D eigenvalue weighted by atomic mass is 10.1. The molecule has 3 rings (SSSR count). The summed E-state index contributed by atoms with van der Waals surface area (Å²) in [6, 6.07) is 10.6. The summed E-state index contributed by atoms with van der Waals surface area (Å²) in [5.74, 6) is -0.481. The Bertz CT molecular complexity index is 989. The molecule has 1 heterocycles. The molecule has 0 bridgehead atoms. The quantitative estimate of drug-likeness (QED) is 0.565. The Morgan fingerprint density at radius 1 is 1.13 bits per heavy atom. The summed E-state index contributed by atoms with van der Waals surface area (Å²) in [6.07, 6.45) is -1.68. The van der Waals surface area contributed by atoms with Crippen molar-refractivity contribution in [1.82, 2.24) is 4.98 Å². The molecule has 0 radical (unpaired) electrons. The normalized spacial score (nSPS) is 11.2. The van der Waals surface area contributed by atoms with Crippen LogP contribution in [0.3, 0.4) is 0 Å². The zero-order valence-electron chi connectivity index (χ0n) is 15.7. The van der Waals surface area contributed by atoms with Gasteiger partial charge in [0.25, 0.3) is 0 Å². The average Bonchev–Trinajstić information content (AvgIpc) is 3.23. The fraction of sp³-hybridized carbons (Fsp3) is 0.200. The van der Waals surface area contributed by atoms with Crippen molar-refractivity contribution in [3.8, 4) is 11.5 Å². The number of hydrogen-bond acceptors (Lipinski definition) is 6. The highest BCUT2D eigenvalue weighted by Gasteiger charge is 2.29. The van der Waals surface area contributed by atoms with Crippen molar-refractivity contribution in [2.24, 2.45) is 0 Å². The number of carboxylic acids is 1. The van der Waals surface area contributed by atoms with Gasteiger partial charge in [0.05, 0.1) is 25.4 Å². The van der Waals surface area contributed by atoms with E-state index in [4.69, 9.17) is 19.0 Å². The number of methoxy groups -OCH3 is 1. The molecule has 1 N–H and O–H groups in total. The van der Waals surface area contributed by atoms with Crippen molar-refractivity contribution in [1.29, 1.82) is 0 Å². The number of ether oxygens (including phenoxy) is 2. The Kier molecular flexibility index (Phi) is 6.14. The second-order valence-corrected chi connectivity index (χ2v) is 6.14. The molecular formula is C20H17F3N2O5. The highest BCUT2D eigenvalue weighted by molar-refractivity contribution is 5.88. The van der Waals surface area contributed by atoms with Crippen LogP contribution in [0, 0.1) is 0 Å². The Labute approximate surface area is 169 Å². The summed E-state index contributed by atoms with van der Waals surface area (Å²) in [5, 5.41) is 9.10. The summed E-state index contributed by atoms with van der Waals surface area (Å²) in [4.78, 5) is 16.8. The van der Waals surface area contributed by atoms with E-state index in [-0.39, 0.29) is 23.6 Å². The van der Waals surface area contributed by atoms with Gasteiger partial charge in [0.15, 0.2) is 24.5 Å². The Morgan fingerprint density at radius 3 is 2.40 bits per heavy atom. The minimum absolute atomic E-state index is 0.0561. The average molecular weight is 422 g/mol. The topological polar surface area (TPSA) is 85.0 Å². The summed E-state index contributed by atoms with van der Waals surface area (Å²) >= 11 is 0. The largest absolute Gasteiger partial charge is 0.493 e. The maximum Gasteiger partial charge on any atom is 0.422 e. The van der Waals surface area contributed by atoms with Gasteiger partial charge in [-0.3, -0.25) is 0 Å². The van der Waals surface area contributed by atoms with Crippen LogP contribution in [0.25, 0.3) is 0 Å². The number of alkyl halides is 3. The SMILES string of the molecule is COc1cc(N(Cc2cnco2)c2ccc(C(=O)O)cc2)ccc1OCC(F)(F)F. The molecule has 0 amide bonds. The molecule has 0 unspecified atom stereocenters. The molecule has 0 saturated carbocycles. The van der Waals surface area contributed by atoms with E-state index < -0.39 is 18.8 Å². The van der Waals surface area contributed by atoms with Gasteiger partial charge in [-0.2, -0.15) is 13.2 Å². The van der Waals surface area contributed by atoms with Crippen molar-refractivity contribution in [2.45, 2.75) is 12.7 Å². The number of anilines is 2. The third-order valence-electron chi connectivity index (χ3n) is 4.07. The predicted molar refractivity (Wildman–Crippen MR) is 100 cm³/mol. The van der Waals surface area contributed by atoms with Crippen LogP contribution in [0.4, 0.5) is 24.5 Å². The molecule has 0 saturated heterocycles. The van der Waals surface area contributed by atoms with Crippen LogP contribution in [0.1, 0.15) is 16.1 Å². The first kappa shape index (κ1) is 21.0. The number of carboxylic acid groups (broad SMARTS) is 1. The molecule has 158 valence electrons. The standard InChI is InChI=1S/C20H17F3N2O5/c1-28-18-8-15(6-7-17(18)29-11-20(21,22)23)25(10-16-9-24-12-30-16)14-4-2-13(3-5-14)19(26)27/h2-9,12H,10-11H2,1H3,(H,26,27). The minimum atomic E-state index is -4.48. The number of halogens is 3. The number of hydrogen-bond donors (Lipinski definition) is 1. The molecule has 3 aromatic rings. The van der Waals surface area contributed by atoms with E-state index >= 15 is 0 Å². The van der Waals surface area contributed by atoms with Gasteiger partial charge in [0.2, 0.25) is 0 Å². The van der Waals surface area contributed by atoms with E-state index in [1.54, 1.807) is 23.1 Å². The van der Waals surface area contributed by atoms with Gasteiger partial charge in [-0.05, 0) is 36.4 Å². The van der Waals surface area contributed by atoms with Gasteiger partial charge in [0.1, 0.15) is 5.76 Å². The van der Waals surface area contributed by atoms with E-state index in [0.717, 1.165) is 0 Å². The smallest absolute Gasteiger partial charge is 0.422 e. The molecule has 30 heavy (non-hydrogen) atoms. The predicted octanol–water partition coefficient (Wildman–Crippen LogP) is 4.66. The fourth-order valence-electron chi connectivity index (χ4n) is 2.69. The van der Waals surface area contributed by atoms with Crippen LogP contribution in [0.15, 0.2) is 59.5 Å². The van der Waals surface area contributed by atoms with Crippen molar-refractivity contribution >= 4 is 17.3 Å². The van der Waals surface area contributed by atoms with E-state index in [0.29, 0.717) is 17.1 Å². The summed E-state index contributed by atoms with van der Waals surface area (Å²) in [5.41, 5.74) is 1.31. The lowest BCUT2D eigenvalue weighted by Crippen LogP contribution is -2.20. The molecule has 1 aromatic heterocycles. The number of oxazole rings is 1.